The van der Waals surface area contributed by atoms with Crippen LogP contribution in [0.2, 0.25) is 0 Å². The number of nitrogens with zero attached hydrogens (tertiary/aromatic N) is 1. The van der Waals surface area contributed by atoms with Gasteiger partial charge in [-0.05, 0) is 43.9 Å². The highest BCUT2D eigenvalue weighted by atomic mass is 16.5. The maximum Gasteiger partial charge on any atom is 0.190 e. The summed E-state index contributed by atoms with van der Waals surface area (Å²) in [6, 6.07) is 0. The average molecular weight is 237 g/mol. The van der Waals surface area contributed by atoms with Crippen molar-refractivity contribution in [2.45, 2.75) is 51.5 Å². The smallest absolute Gasteiger partial charge is 0.190 e. The quantitative estimate of drug-likeness (QED) is 0.454. The molecule has 4 fully saturated rings. The van der Waals surface area contributed by atoms with E-state index in [-0.39, 0.29) is 6.61 Å². The van der Waals surface area contributed by atoms with E-state index in [0.717, 1.165) is 17.5 Å². The predicted molar refractivity (Wildman–Crippen MR) is 66.8 cm³/mol. The van der Waals surface area contributed by atoms with E-state index in [2.05, 4.69) is 0 Å². The summed E-state index contributed by atoms with van der Waals surface area (Å²) in [5, 5.41) is 21.9. The molecule has 17 heavy (non-hydrogen) atoms. The van der Waals surface area contributed by atoms with Crippen molar-refractivity contribution in [1.82, 2.24) is 0 Å². The maximum atomic E-state index is 12.5. The monoisotopic (exact) mass is 237 g/mol. The van der Waals surface area contributed by atoms with Crippen LogP contribution in [-0.4, -0.2) is 27.7 Å². The Kier molecular flexibility index (Phi) is 2.51. The molecule has 0 aromatic carbocycles. The van der Waals surface area contributed by atoms with E-state index in [1.165, 1.54) is 36.8 Å². The Morgan fingerprint density at radius 2 is 1.59 bits per heavy atom. The third-order valence-corrected chi connectivity index (χ3v) is 5.15. The number of aliphatic hydroxyl groups excluding tert-OH is 1. The summed E-state index contributed by atoms with van der Waals surface area (Å²) >= 11 is 0. The Morgan fingerprint density at radius 3 is 2.00 bits per heavy atom. The highest BCUT2D eigenvalue weighted by Crippen LogP contribution is 2.52. The van der Waals surface area contributed by atoms with Gasteiger partial charge in [-0.3, -0.25) is 0 Å². The van der Waals surface area contributed by atoms with Gasteiger partial charge >= 0.3 is 0 Å². The second-order valence-corrected chi connectivity index (χ2v) is 6.99. The zero-order valence-electron chi connectivity index (χ0n) is 10.9. The lowest BCUT2D eigenvalue weighted by atomic mass is 9.55. The molecule has 0 saturated heterocycles. The van der Waals surface area contributed by atoms with E-state index in [0.29, 0.717) is 11.8 Å². The molecule has 0 aromatic rings. The standard InChI is InChI=1S/C14H23NO2/c1-14(2,8-16)15(17)13-11-4-9-3-10(6-11)7-12(13)5-9/h9-12,16H,3-8H2,1-2H3. The van der Waals surface area contributed by atoms with Gasteiger partial charge in [0.1, 0.15) is 6.61 Å². The lowest BCUT2D eigenvalue weighted by Gasteiger charge is -2.49. The van der Waals surface area contributed by atoms with E-state index in [9.17, 15) is 10.3 Å². The van der Waals surface area contributed by atoms with Crippen molar-refractivity contribution in [3.05, 3.63) is 5.21 Å². The summed E-state index contributed by atoms with van der Waals surface area (Å²) in [6.07, 6.45) is 6.30. The molecule has 4 aliphatic rings. The normalized spacial score (nSPS) is 39.8. The molecule has 4 bridgehead atoms. The second-order valence-electron chi connectivity index (χ2n) is 6.99. The number of hydroxylamine groups is 1. The van der Waals surface area contributed by atoms with Crippen LogP contribution in [0, 0.1) is 28.9 Å². The first-order chi connectivity index (χ1) is 8.01. The molecular formula is C14H23NO2. The Labute approximate surface area is 103 Å². The number of rotatable bonds is 2. The molecule has 0 heterocycles. The van der Waals surface area contributed by atoms with Gasteiger partial charge in [-0.2, -0.15) is 0 Å². The van der Waals surface area contributed by atoms with Gasteiger partial charge in [0.05, 0.1) is 0 Å². The fourth-order valence-electron chi connectivity index (χ4n) is 4.41. The number of hydrogen-bond acceptors (Lipinski definition) is 2. The summed E-state index contributed by atoms with van der Waals surface area (Å²) in [6.45, 7) is 3.63. The minimum absolute atomic E-state index is 0.0632. The molecule has 0 unspecified atom stereocenters. The molecular weight excluding hydrogens is 214 g/mol. The molecule has 3 nitrogen and oxygen atoms in total. The third-order valence-electron chi connectivity index (χ3n) is 5.15. The molecule has 4 aliphatic carbocycles. The van der Waals surface area contributed by atoms with Gasteiger partial charge in [-0.25, -0.2) is 4.74 Å². The van der Waals surface area contributed by atoms with E-state index < -0.39 is 5.54 Å². The van der Waals surface area contributed by atoms with Gasteiger partial charge in [0.15, 0.2) is 11.3 Å². The van der Waals surface area contributed by atoms with Crippen molar-refractivity contribution in [3.8, 4) is 0 Å². The lowest BCUT2D eigenvalue weighted by molar-refractivity contribution is -0.550. The van der Waals surface area contributed by atoms with Crippen LogP contribution in [0.3, 0.4) is 0 Å². The predicted octanol–water partition coefficient (Wildman–Crippen LogP) is 2.16. The fraction of sp³-hybridized carbons (Fsp3) is 0.929. The van der Waals surface area contributed by atoms with Crippen molar-refractivity contribution in [1.29, 1.82) is 0 Å². The Bertz CT molecular complexity index is 329. The van der Waals surface area contributed by atoms with Crippen LogP contribution in [0.1, 0.15) is 46.0 Å². The van der Waals surface area contributed by atoms with Gasteiger partial charge in [0.2, 0.25) is 0 Å². The molecule has 0 amide bonds. The molecule has 4 rings (SSSR count). The fourth-order valence-corrected chi connectivity index (χ4v) is 4.41. The largest absolute Gasteiger partial charge is 0.623 e. The van der Waals surface area contributed by atoms with Gasteiger partial charge in [-0.15, -0.1) is 0 Å². The molecule has 0 aliphatic heterocycles. The first kappa shape index (κ1) is 11.5. The van der Waals surface area contributed by atoms with Gasteiger partial charge in [-0.1, -0.05) is 0 Å². The van der Waals surface area contributed by atoms with Crippen LogP contribution < -0.4 is 0 Å². The second kappa shape index (κ2) is 3.71. The first-order valence-electron chi connectivity index (χ1n) is 6.96. The van der Waals surface area contributed by atoms with Gasteiger partial charge < -0.3 is 10.3 Å². The molecule has 96 valence electrons. The average Bonchev–Trinajstić information content (AvgIpc) is 2.27. The Morgan fingerprint density at radius 1 is 1.12 bits per heavy atom. The summed E-state index contributed by atoms with van der Waals surface area (Å²) < 4.78 is 1.17. The van der Waals surface area contributed by atoms with Gasteiger partial charge in [0.25, 0.3) is 0 Å². The van der Waals surface area contributed by atoms with E-state index in [1.54, 1.807) is 0 Å². The zero-order valence-corrected chi connectivity index (χ0v) is 10.9. The van der Waals surface area contributed by atoms with E-state index in [4.69, 9.17) is 0 Å². The molecule has 1 N–H and O–H groups in total. The van der Waals surface area contributed by atoms with E-state index in [1.807, 2.05) is 13.8 Å². The Hall–Kier alpha value is -0.570. The highest BCUT2D eigenvalue weighted by molar-refractivity contribution is 5.86. The SMILES string of the molecule is CC(C)(CO)[N+]([O-])=C1C2CC3CC(C2)CC1C3. The first-order valence-corrected chi connectivity index (χ1v) is 6.96. The topological polar surface area (TPSA) is 46.3 Å². The molecule has 0 atom stereocenters. The van der Waals surface area contributed by atoms with Gasteiger partial charge in [0, 0.05) is 25.7 Å². The third kappa shape index (κ3) is 1.70. The summed E-state index contributed by atoms with van der Waals surface area (Å²) in [5.41, 5.74) is 0.473. The summed E-state index contributed by atoms with van der Waals surface area (Å²) in [7, 11) is 0. The minimum atomic E-state index is -0.648. The molecule has 0 aromatic heterocycles. The number of hydrogen-bond donors (Lipinski definition) is 1. The summed E-state index contributed by atoms with van der Waals surface area (Å²) in [5.74, 6) is 2.81. The molecule has 4 saturated carbocycles. The minimum Gasteiger partial charge on any atom is -0.623 e. The number of aliphatic hydroxyl groups is 1. The van der Waals surface area contributed by atoms with E-state index >= 15 is 0 Å². The van der Waals surface area contributed by atoms with Crippen molar-refractivity contribution in [2.24, 2.45) is 23.7 Å². The highest BCUT2D eigenvalue weighted by Gasteiger charge is 2.51. The van der Waals surface area contributed by atoms with Crippen LogP contribution in [-0.2, 0) is 0 Å². The molecule has 0 spiro atoms. The van der Waals surface area contributed by atoms with Crippen LogP contribution in [0.15, 0.2) is 0 Å². The van der Waals surface area contributed by atoms with Crippen LogP contribution in [0.4, 0.5) is 0 Å². The van der Waals surface area contributed by atoms with Crippen LogP contribution in [0.5, 0.6) is 0 Å². The van der Waals surface area contributed by atoms with Crippen LogP contribution >= 0.6 is 0 Å². The zero-order chi connectivity index (χ0) is 12.2. The van der Waals surface area contributed by atoms with Crippen molar-refractivity contribution in [3.63, 3.8) is 0 Å². The molecule has 3 heteroatoms. The van der Waals surface area contributed by atoms with Crippen molar-refractivity contribution < 1.29 is 9.85 Å². The maximum absolute atomic E-state index is 12.5. The lowest BCUT2D eigenvalue weighted by Crippen LogP contribution is -2.52. The Balaban J connectivity index is 1.96. The van der Waals surface area contributed by atoms with Crippen molar-refractivity contribution in [2.75, 3.05) is 6.61 Å². The molecule has 0 radical (unpaired) electrons. The van der Waals surface area contributed by atoms with Crippen LogP contribution in [0.25, 0.3) is 0 Å². The van der Waals surface area contributed by atoms with Crippen molar-refractivity contribution >= 4 is 5.71 Å². The summed E-state index contributed by atoms with van der Waals surface area (Å²) in [4.78, 5) is 0.